The fourth-order valence-corrected chi connectivity index (χ4v) is 1.95. The third kappa shape index (κ3) is 2.14. The maximum Gasteiger partial charge on any atom is 0.229 e. The first-order chi connectivity index (χ1) is 9.13. The second-order valence-corrected chi connectivity index (χ2v) is 4.46. The molecular formula is C14H13FN4. The molecule has 0 aliphatic carbocycles. The zero-order valence-corrected chi connectivity index (χ0v) is 10.7. The second kappa shape index (κ2) is 4.35. The van der Waals surface area contributed by atoms with Gasteiger partial charge in [-0.05, 0) is 43.7 Å². The van der Waals surface area contributed by atoms with Gasteiger partial charge in [0.25, 0.3) is 0 Å². The Kier molecular flexibility index (Phi) is 2.67. The smallest absolute Gasteiger partial charge is 0.229 e. The maximum absolute atomic E-state index is 12.8. The minimum Gasteiger partial charge on any atom is -0.343 e. The van der Waals surface area contributed by atoms with E-state index in [1.807, 2.05) is 13.8 Å². The van der Waals surface area contributed by atoms with E-state index < -0.39 is 0 Å². The van der Waals surface area contributed by atoms with E-state index in [0.717, 1.165) is 28.0 Å². The lowest BCUT2D eigenvalue weighted by Gasteiger charge is -2.04. The van der Waals surface area contributed by atoms with Crippen molar-refractivity contribution in [3.63, 3.8) is 0 Å². The summed E-state index contributed by atoms with van der Waals surface area (Å²) in [4.78, 5) is 11.9. The highest BCUT2D eigenvalue weighted by atomic mass is 19.1. The van der Waals surface area contributed by atoms with E-state index in [2.05, 4.69) is 20.3 Å². The van der Waals surface area contributed by atoms with E-state index in [0.29, 0.717) is 5.95 Å². The van der Waals surface area contributed by atoms with Crippen LogP contribution in [0, 0.1) is 19.7 Å². The van der Waals surface area contributed by atoms with Crippen molar-refractivity contribution < 1.29 is 4.39 Å². The molecule has 0 atom stereocenters. The Morgan fingerprint density at radius 2 is 1.89 bits per heavy atom. The Bertz CT molecular complexity index is 731. The molecule has 3 aromatic rings. The van der Waals surface area contributed by atoms with Crippen molar-refractivity contribution >= 4 is 22.7 Å². The van der Waals surface area contributed by atoms with Crippen LogP contribution in [0.1, 0.15) is 11.3 Å². The summed E-state index contributed by atoms with van der Waals surface area (Å²) in [5.74, 6) is 0.220. The van der Waals surface area contributed by atoms with Gasteiger partial charge in [-0.2, -0.15) is 4.98 Å². The van der Waals surface area contributed by atoms with Crippen LogP contribution >= 0.6 is 0 Å². The number of nitrogens with one attached hydrogen (secondary N) is 2. The topological polar surface area (TPSA) is 53.6 Å². The number of aromatic nitrogens is 3. The van der Waals surface area contributed by atoms with Crippen LogP contribution in [-0.2, 0) is 0 Å². The first kappa shape index (κ1) is 11.6. The molecule has 2 N–H and O–H groups in total. The van der Waals surface area contributed by atoms with Crippen LogP contribution in [0.4, 0.5) is 16.0 Å². The van der Waals surface area contributed by atoms with Gasteiger partial charge >= 0.3 is 0 Å². The number of fused-ring (bicyclic) bond motifs is 1. The highest BCUT2D eigenvalue weighted by Gasteiger charge is 2.07. The van der Waals surface area contributed by atoms with Gasteiger partial charge < -0.3 is 10.3 Å². The molecule has 0 amide bonds. The molecule has 2 aromatic heterocycles. The quantitative estimate of drug-likeness (QED) is 0.738. The van der Waals surface area contributed by atoms with E-state index in [-0.39, 0.29) is 5.82 Å². The average molecular weight is 256 g/mol. The number of H-pyrrole nitrogens is 1. The van der Waals surface area contributed by atoms with Gasteiger partial charge in [-0.3, -0.25) is 0 Å². The molecule has 0 radical (unpaired) electrons. The van der Waals surface area contributed by atoms with Crippen LogP contribution in [0.25, 0.3) is 11.0 Å². The molecule has 0 spiro atoms. The molecule has 19 heavy (non-hydrogen) atoms. The zero-order chi connectivity index (χ0) is 13.4. The van der Waals surface area contributed by atoms with Gasteiger partial charge in [0.2, 0.25) is 5.95 Å². The Hall–Kier alpha value is -2.43. The molecular weight excluding hydrogens is 243 g/mol. The molecule has 0 aliphatic heterocycles. The first-order valence-electron chi connectivity index (χ1n) is 5.98. The van der Waals surface area contributed by atoms with Crippen molar-refractivity contribution in [1.82, 2.24) is 15.0 Å². The van der Waals surface area contributed by atoms with E-state index in [1.54, 1.807) is 18.3 Å². The number of benzene rings is 1. The van der Waals surface area contributed by atoms with E-state index in [1.165, 1.54) is 12.1 Å². The standard InChI is InChI=1S/C14H13FN4/c1-8-9(2)17-13-12(8)7-16-14(19-13)18-11-5-3-10(15)4-6-11/h3-7H,1-2H3,(H2,16,17,18,19). The summed E-state index contributed by atoms with van der Waals surface area (Å²) in [6, 6.07) is 6.08. The minimum absolute atomic E-state index is 0.266. The Morgan fingerprint density at radius 1 is 1.16 bits per heavy atom. The van der Waals surface area contributed by atoms with Gasteiger partial charge in [0.15, 0.2) is 0 Å². The Balaban J connectivity index is 1.95. The molecule has 0 unspecified atom stereocenters. The fraction of sp³-hybridized carbons (Fsp3) is 0.143. The Morgan fingerprint density at radius 3 is 2.63 bits per heavy atom. The molecule has 4 nitrogen and oxygen atoms in total. The molecule has 5 heteroatoms. The lowest BCUT2D eigenvalue weighted by atomic mass is 10.2. The lowest BCUT2D eigenvalue weighted by Crippen LogP contribution is -1.96. The molecule has 0 fully saturated rings. The Labute approximate surface area is 109 Å². The third-order valence-electron chi connectivity index (χ3n) is 3.16. The van der Waals surface area contributed by atoms with Gasteiger partial charge in [0.1, 0.15) is 11.5 Å². The summed E-state index contributed by atoms with van der Waals surface area (Å²) >= 11 is 0. The van der Waals surface area contributed by atoms with Crippen LogP contribution in [0.3, 0.4) is 0 Å². The number of aryl methyl sites for hydroxylation is 2. The van der Waals surface area contributed by atoms with Crippen LogP contribution in [0.15, 0.2) is 30.5 Å². The SMILES string of the molecule is Cc1[nH]c2nc(Nc3ccc(F)cc3)ncc2c1C. The largest absolute Gasteiger partial charge is 0.343 e. The third-order valence-corrected chi connectivity index (χ3v) is 3.16. The van der Waals surface area contributed by atoms with Gasteiger partial charge in [-0.1, -0.05) is 0 Å². The van der Waals surface area contributed by atoms with Crippen LogP contribution in [0.5, 0.6) is 0 Å². The van der Waals surface area contributed by atoms with Crippen molar-refractivity contribution in [3.05, 3.63) is 47.5 Å². The summed E-state index contributed by atoms with van der Waals surface area (Å²) in [5, 5.41) is 4.06. The molecule has 3 rings (SSSR count). The van der Waals surface area contributed by atoms with Crippen LogP contribution < -0.4 is 5.32 Å². The van der Waals surface area contributed by atoms with Crippen molar-refractivity contribution in [2.75, 3.05) is 5.32 Å². The second-order valence-electron chi connectivity index (χ2n) is 4.46. The number of nitrogens with zero attached hydrogens (tertiary/aromatic N) is 2. The maximum atomic E-state index is 12.8. The summed E-state index contributed by atoms with van der Waals surface area (Å²) in [5.41, 5.74) is 3.79. The number of hydrogen-bond donors (Lipinski definition) is 2. The average Bonchev–Trinajstić information content (AvgIpc) is 2.68. The normalized spacial score (nSPS) is 10.9. The predicted octanol–water partition coefficient (Wildman–Crippen LogP) is 3.46. The molecule has 2 heterocycles. The number of rotatable bonds is 2. The highest BCUT2D eigenvalue weighted by molar-refractivity contribution is 5.81. The van der Waals surface area contributed by atoms with Gasteiger partial charge in [0, 0.05) is 23.0 Å². The number of anilines is 2. The first-order valence-corrected chi connectivity index (χ1v) is 5.98. The van der Waals surface area contributed by atoms with E-state index in [4.69, 9.17) is 0 Å². The molecule has 1 aromatic carbocycles. The van der Waals surface area contributed by atoms with Gasteiger partial charge in [-0.25, -0.2) is 9.37 Å². The summed E-state index contributed by atoms with van der Waals surface area (Å²) in [6.45, 7) is 4.04. The predicted molar refractivity (Wildman–Crippen MR) is 73.0 cm³/mol. The fourth-order valence-electron chi connectivity index (χ4n) is 1.95. The van der Waals surface area contributed by atoms with Crippen molar-refractivity contribution in [1.29, 1.82) is 0 Å². The van der Waals surface area contributed by atoms with Crippen molar-refractivity contribution in [2.45, 2.75) is 13.8 Å². The molecule has 0 saturated heterocycles. The van der Waals surface area contributed by atoms with Crippen LogP contribution in [-0.4, -0.2) is 15.0 Å². The minimum atomic E-state index is -0.266. The number of aromatic amines is 1. The van der Waals surface area contributed by atoms with Gasteiger partial charge in [-0.15, -0.1) is 0 Å². The molecule has 0 bridgehead atoms. The monoisotopic (exact) mass is 256 g/mol. The van der Waals surface area contributed by atoms with Crippen LogP contribution in [0.2, 0.25) is 0 Å². The summed E-state index contributed by atoms with van der Waals surface area (Å²) in [7, 11) is 0. The zero-order valence-electron chi connectivity index (χ0n) is 10.7. The van der Waals surface area contributed by atoms with Crippen molar-refractivity contribution in [3.8, 4) is 0 Å². The van der Waals surface area contributed by atoms with E-state index in [9.17, 15) is 4.39 Å². The van der Waals surface area contributed by atoms with E-state index >= 15 is 0 Å². The highest BCUT2D eigenvalue weighted by Crippen LogP contribution is 2.21. The van der Waals surface area contributed by atoms with Gasteiger partial charge in [0.05, 0.1) is 0 Å². The number of halogens is 1. The summed E-state index contributed by atoms with van der Waals surface area (Å²) < 4.78 is 12.8. The molecule has 0 aliphatic rings. The summed E-state index contributed by atoms with van der Waals surface area (Å²) in [6.07, 6.45) is 1.78. The lowest BCUT2D eigenvalue weighted by molar-refractivity contribution is 0.628. The molecule has 96 valence electrons. The number of hydrogen-bond acceptors (Lipinski definition) is 3. The van der Waals surface area contributed by atoms with Crippen molar-refractivity contribution in [2.24, 2.45) is 0 Å². The molecule has 0 saturated carbocycles.